The van der Waals surface area contributed by atoms with Crippen LogP contribution in [0, 0.1) is 13.8 Å². The third-order valence-corrected chi connectivity index (χ3v) is 6.06. The second-order valence-electron chi connectivity index (χ2n) is 7.32. The maximum absolute atomic E-state index is 4.92. The van der Waals surface area contributed by atoms with Crippen molar-refractivity contribution in [2.24, 2.45) is 0 Å². The zero-order chi connectivity index (χ0) is 17.1. The number of rotatable bonds is 6. The van der Waals surface area contributed by atoms with E-state index in [0.717, 1.165) is 36.1 Å². The lowest BCUT2D eigenvalue weighted by atomic mass is 10.1. The summed E-state index contributed by atoms with van der Waals surface area (Å²) in [5, 5.41) is 4.80. The van der Waals surface area contributed by atoms with E-state index in [1.165, 1.54) is 53.1 Å². The van der Waals surface area contributed by atoms with Gasteiger partial charge >= 0.3 is 0 Å². The van der Waals surface area contributed by atoms with Crippen molar-refractivity contribution in [3.63, 3.8) is 0 Å². The topological polar surface area (TPSA) is 46.7 Å². The Balaban J connectivity index is 1.86. The highest BCUT2D eigenvalue weighted by atomic mass is 32.1. The van der Waals surface area contributed by atoms with E-state index in [4.69, 9.17) is 9.97 Å². The van der Waals surface area contributed by atoms with E-state index in [0.29, 0.717) is 0 Å². The van der Waals surface area contributed by atoms with Gasteiger partial charge in [-0.3, -0.25) is 0 Å². The maximum Gasteiger partial charge on any atom is 0.187 e. The van der Waals surface area contributed by atoms with E-state index in [-0.39, 0.29) is 0 Å². The van der Waals surface area contributed by atoms with Crippen LogP contribution >= 0.6 is 11.3 Å². The number of fused-ring (bicyclic) bond motifs is 1. The second-order valence-corrected chi connectivity index (χ2v) is 8.53. The Bertz CT molecular complexity index is 688. The van der Waals surface area contributed by atoms with Crippen LogP contribution < -0.4 is 15.1 Å². The van der Waals surface area contributed by atoms with Crippen LogP contribution in [-0.4, -0.2) is 50.2 Å². The van der Waals surface area contributed by atoms with E-state index in [9.17, 15) is 0 Å². The number of aryl methyl sites for hydroxylation is 2. The minimum atomic E-state index is 0.943. The van der Waals surface area contributed by atoms with Gasteiger partial charge in [-0.05, 0) is 38.7 Å². The van der Waals surface area contributed by atoms with E-state index in [2.05, 4.69) is 33.3 Å². The number of piperidine rings is 1. The van der Waals surface area contributed by atoms with Crippen molar-refractivity contribution in [2.75, 3.05) is 45.6 Å². The summed E-state index contributed by atoms with van der Waals surface area (Å²) in [5.41, 5.74) is 1.33. The first-order chi connectivity index (χ1) is 11.5. The van der Waals surface area contributed by atoms with Gasteiger partial charge in [-0.15, -0.1) is 11.3 Å². The highest BCUT2D eigenvalue weighted by Gasteiger charge is 2.19. The number of quaternary nitrogens is 2. The molecular formula is C18H31N5S+2. The smallest absolute Gasteiger partial charge is 0.187 e. The normalized spacial score (nSPS) is 16.2. The maximum atomic E-state index is 4.92. The van der Waals surface area contributed by atoms with Crippen molar-refractivity contribution in [2.45, 2.75) is 39.7 Å². The van der Waals surface area contributed by atoms with Crippen LogP contribution in [0.2, 0.25) is 0 Å². The van der Waals surface area contributed by atoms with Gasteiger partial charge in [-0.2, -0.15) is 0 Å². The van der Waals surface area contributed by atoms with Crippen molar-refractivity contribution in [1.82, 2.24) is 9.97 Å². The summed E-state index contributed by atoms with van der Waals surface area (Å²) < 4.78 is 0. The molecule has 1 fully saturated rings. The molecule has 6 heteroatoms. The van der Waals surface area contributed by atoms with Gasteiger partial charge in [0.25, 0.3) is 0 Å². The molecule has 1 aliphatic heterocycles. The molecule has 132 valence electrons. The molecule has 24 heavy (non-hydrogen) atoms. The first kappa shape index (κ1) is 17.6. The van der Waals surface area contributed by atoms with E-state index in [1.807, 2.05) is 0 Å². The molecule has 0 radical (unpaired) electrons. The highest BCUT2D eigenvalue weighted by molar-refractivity contribution is 7.18. The largest absolute Gasteiger partial charge is 0.364 e. The summed E-state index contributed by atoms with van der Waals surface area (Å²) in [6.45, 7) is 9.88. The minimum Gasteiger partial charge on any atom is -0.364 e. The fraction of sp³-hybridized carbons (Fsp3) is 0.667. The predicted octanol–water partition coefficient (Wildman–Crippen LogP) is 0.433. The van der Waals surface area contributed by atoms with Crippen molar-refractivity contribution < 1.29 is 9.80 Å². The lowest BCUT2D eigenvalue weighted by Gasteiger charge is -2.23. The Morgan fingerprint density at radius 2 is 1.88 bits per heavy atom. The Morgan fingerprint density at radius 3 is 2.58 bits per heavy atom. The molecule has 0 amide bonds. The van der Waals surface area contributed by atoms with Gasteiger partial charge in [0.15, 0.2) is 5.82 Å². The second kappa shape index (κ2) is 7.76. The van der Waals surface area contributed by atoms with Crippen molar-refractivity contribution >= 4 is 27.4 Å². The number of aromatic nitrogens is 2. The lowest BCUT2D eigenvalue weighted by Crippen LogP contribution is -3.11. The third kappa shape index (κ3) is 4.05. The summed E-state index contributed by atoms with van der Waals surface area (Å²) in [7, 11) is 4.37. The highest BCUT2D eigenvalue weighted by Crippen LogP contribution is 2.33. The zero-order valence-corrected chi connectivity index (χ0v) is 16.3. The van der Waals surface area contributed by atoms with Gasteiger partial charge < -0.3 is 15.1 Å². The van der Waals surface area contributed by atoms with Gasteiger partial charge in [0.1, 0.15) is 17.2 Å². The molecule has 0 aromatic carbocycles. The number of hydrogen-bond acceptors (Lipinski definition) is 4. The first-order valence-corrected chi connectivity index (χ1v) is 9.99. The van der Waals surface area contributed by atoms with Crippen LogP contribution in [0.4, 0.5) is 5.82 Å². The Hall–Kier alpha value is -1.24. The Kier molecular flexibility index (Phi) is 5.69. The van der Waals surface area contributed by atoms with Gasteiger partial charge in [0.2, 0.25) is 0 Å². The van der Waals surface area contributed by atoms with Crippen LogP contribution in [0.15, 0.2) is 0 Å². The van der Waals surface area contributed by atoms with Gasteiger partial charge in [-0.1, -0.05) is 0 Å². The summed E-state index contributed by atoms with van der Waals surface area (Å²) in [5.74, 6) is 2.04. The molecule has 0 spiro atoms. The van der Waals surface area contributed by atoms with Gasteiger partial charge in [0, 0.05) is 4.88 Å². The molecule has 0 aliphatic carbocycles. The molecule has 2 aromatic rings. The SMILES string of the molecule is Cc1sc2nc(C[NH+]3CCCCC3)nc(NCC[NH+](C)C)c2c1C. The number of thiophene rings is 1. The molecular weight excluding hydrogens is 318 g/mol. The molecule has 0 bridgehead atoms. The summed E-state index contributed by atoms with van der Waals surface area (Å²) in [4.78, 5) is 15.4. The zero-order valence-electron chi connectivity index (χ0n) is 15.5. The molecule has 3 rings (SSSR count). The average molecular weight is 350 g/mol. The summed E-state index contributed by atoms with van der Waals surface area (Å²) in [6, 6.07) is 0. The first-order valence-electron chi connectivity index (χ1n) is 9.17. The predicted molar refractivity (Wildman–Crippen MR) is 101 cm³/mol. The molecule has 0 atom stereocenters. The molecule has 3 N–H and O–H groups in total. The van der Waals surface area contributed by atoms with Crippen LogP contribution in [-0.2, 0) is 6.54 Å². The molecule has 0 saturated carbocycles. The van der Waals surface area contributed by atoms with Crippen LogP contribution in [0.25, 0.3) is 10.2 Å². The monoisotopic (exact) mass is 349 g/mol. The Morgan fingerprint density at radius 1 is 1.12 bits per heavy atom. The van der Waals surface area contributed by atoms with E-state index in [1.54, 1.807) is 16.2 Å². The molecule has 3 heterocycles. The van der Waals surface area contributed by atoms with Gasteiger partial charge in [0.05, 0.1) is 45.7 Å². The van der Waals surface area contributed by atoms with Crippen LogP contribution in [0.3, 0.4) is 0 Å². The lowest BCUT2D eigenvalue weighted by molar-refractivity contribution is -0.919. The minimum absolute atomic E-state index is 0.943. The molecule has 2 aromatic heterocycles. The number of likely N-dealkylation sites (tertiary alicyclic amines) is 1. The van der Waals surface area contributed by atoms with Crippen LogP contribution in [0.5, 0.6) is 0 Å². The molecule has 1 aliphatic rings. The number of likely N-dealkylation sites (N-methyl/N-ethyl adjacent to an activating group) is 1. The quantitative estimate of drug-likeness (QED) is 0.709. The molecule has 1 saturated heterocycles. The number of nitrogens with zero attached hydrogens (tertiary/aromatic N) is 2. The third-order valence-electron chi connectivity index (χ3n) is 4.96. The van der Waals surface area contributed by atoms with Gasteiger partial charge in [-0.25, -0.2) is 9.97 Å². The number of hydrogen-bond donors (Lipinski definition) is 3. The van der Waals surface area contributed by atoms with E-state index >= 15 is 0 Å². The average Bonchev–Trinajstić information content (AvgIpc) is 2.82. The van der Waals surface area contributed by atoms with Crippen LogP contribution in [0.1, 0.15) is 35.5 Å². The fourth-order valence-corrected chi connectivity index (χ4v) is 4.43. The summed E-state index contributed by atoms with van der Waals surface area (Å²) in [6.07, 6.45) is 4.06. The Labute approximate surface area is 149 Å². The summed E-state index contributed by atoms with van der Waals surface area (Å²) >= 11 is 1.80. The fourth-order valence-electron chi connectivity index (χ4n) is 3.38. The molecule has 5 nitrogen and oxygen atoms in total. The van der Waals surface area contributed by atoms with Crippen molar-refractivity contribution in [1.29, 1.82) is 0 Å². The van der Waals surface area contributed by atoms with Crippen molar-refractivity contribution in [3.8, 4) is 0 Å². The number of nitrogens with one attached hydrogen (secondary N) is 3. The van der Waals surface area contributed by atoms with E-state index < -0.39 is 0 Å². The molecule has 0 unspecified atom stereocenters. The standard InChI is InChI=1S/C18H29N5S/c1-13-14(2)24-18-16(13)17(19-8-11-22(3)4)20-15(21-18)12-23-9-6-5-7-10-23/h5-12H2,1-4H3,(H,19,20,21)/p+2. The number of anilines is 1. The van der Waals surface area contributed by atoms with Crippen molar-refractivity contribution in [3.05, 3.63) is 16.3 Å².